The molecule has 0 atom stereocenters. The van der Waals surface area contributed by atoms with E-state index in [0.717, 1.165) is 0 Å². The zero-order valence-corrected chi connectivity index (χ0v) is 8.80. The first-order valence-electron chi connectivity index (χ1n) is 4.30. The van der Waals surface area contributed by atoms with Crippen LogP contribution in [-0.2, 0) is 6.42 Å². The Morgan fingerprint density at radius 3 is 2.75 bits per heavy atom. The number of nitrogen functional groups attached to an aromatic ring is 1. The lowest BCUT2D eigenvalue weighted by Crippen LogP contribution is -2.24. The molecule has 0 saturated carbocycles. The van der Waals surface area contributed by atoms with Gasteiger partial charge in [-0.2, -0.15) is 5.10 Å². The van der Waals surface area contributed by atoms with Crippen molar-refractivity contribution in [2.75, 3.05) is 5.84 Å². The molecule has 0 bridgehead atoms. The first-order chi connectivity index (χ1) is 7.56. The van der Waals surface area contributed by atoms with Crippen molar-refractivity contribution < 1.29 is 0 Å². The summed E-state index contributed by atoms with van der Waals surface area (Å²) in [6.45, 7) is 0. The van der Waals surface area contributed by atoms with Crippen LogP contribution in [0, 0.1) is 4.77 Å². The van der Waals surface area contributed by atoms with E-state index >= 15 is 0 Å². The SMILES string of the molecule is Nn1c(Cc2cc(=O)[nH]c(=O)[nH]2)n[nH]c1=S. The number of rotatable bonds is 2. The highest BCUT2D eigenvalue weighted by Gasteiger charge is 2.05. The summed E-state index contributed by atoms with van der Waals surface area (Å²) in [4.78, 5) is 26.6. The van der Waals surface area contributed by atoms with Gasteiger partial charge in [-0.1, -0.05) is 0 Å². The molecule has 2 aromatic heterocycles. The first kappa shape index (κ1) is 10.4. The molecular formula is C7H8N6O2S. The van der Waals surface area contributed by atoms with Crippen molar-refractivity contribution >= 4 is 12.2 Å². The Kier molecular flexibility index (Phi) is 2.44. The van der Waals surface area contributed by atoms with Gasteiger partial charge in [0.15, 0.2) is 5.82 Å². The number of hydrogen-bond donors (Lipinski definition) is 4. The second-order valence-corrected chi connectivity index (χ2v) is 3.49. The second-order valence-electron chi connectivity index (χ2n) is 3.10. The van der Waals surface area contributed by atoms with E-state index < -0.39 is 11.2 Å². The van der Waals surface area contributed by atoms with Gasteiger partial charge in [-0.25, -0.2) is 9.47 Å². The van der Waals surface area contributed by atoms with Crippen LogP contribution < -0.4 is 17.1 Å². The minimum Gasteiger partial charge on any atom is -0.335 e. The Balaban J connectivity index is 2.41. The fraction of sp³-hybridized carbons (Fsp3) is 0.143. The molecule has 9 heteroatoms. The number of aromatic amines is 3. The normalized spacial score (nSPS) is 10.5. The van der Waals surface area contributed by atoms with Crippen LogP contribution in [0.1, 0.15) is 11.5 Å². The minimum absolute atomic E-state index is 0.211. The maximum absolute atomic E-state index is 11.0. The molecule has 0 spiro atoms. The number of hydrogen-bond acceptors (Lipinski definition) is 5. The lowest BCUT2D eigenvalue weighted by molar-refractivity contribution is 0.837. The summed E-state index contributed by atoms with van der Waals surface area (Å²) in [5.41, 5.74) is -0.633. The molecule has 5 N–H and O–H groups in total. The van der Waals surface area contributed by atoms with Gasteiger partial charge in [-0.3, -0.25) is 14.9 Å². The second kappa shape index (κ2) is 3.77. The molecule has 0 aliphatic heterocycles. The van der Waals surface area contributed by atoms with E-state index in [1.807, 2.05) is 0 Å². The van der Waals surface area contributed by atoms with Crippen LogP contribution in [0.2, 0.25) is 0 Å². The minimum atomic E-state index is -0.569. The zero-order chi connectivity index (χ0) is 11.7. The molecule has 2 heterocycles. The molecule has 0 radical (unpaired) electrons. The van der Waals surface area contributed by atoms with E-state index in [2.05, 4.69) is 20.2 Å². The van der Waals surface area contributed by atoms with Crippen molar-refractivity contribution in [1.29, 1.82) is 0 Å². The first-order valence-corrected chi connectivity index (χ1v) is 4.71. The summed E-state index contributed by atoms with van der Waals surface area (Å²) in [5.74, 6) is 5.99. The summed E-state index contributed by atoms with van der Waals surface area (Å²) in [6.07, 6.45) is 0.211. The number of nitrogens with zero attached hydrogens (tertiary/aromatic N) is 2. The van der Waals surface area contributed by atoms with Crippen LogP contribution in [0.15, 0.2) is 15.7 Å². The molecule has 2 aromatic rings. The maximum atomic E-state index is 11.0. The molecule has 0 amide bonds. The Morgan fingerprint density at radius 2 is 2.19 bits per heavy atom. The van der Waals surface area contributed by atoms with Gasteiger partial charge in [-0.05, 0) is 12.2 Å². The van der Waals surface area contributed by atoms with E-state index in [0.29, 0.717) is 11.5 Å². The summed E-state index contributed by atoms with van der Waals surface area (Å²) in [5, 5.41) is 6.36. The molecule has 0 aliphatic rings. The van der Waals surface area contributed by atoms with Gasteiger partial charge in [0.2, 0.25) is 4.77 Å². The highest BCUT2D eigenvalue weighted by atomic mass is 32.1. The Hall–Kier alpha value is -2.16. The summed E-state index contributed by atoms with van der Waals surface area (Å²) < 4.78 is 1.44. The van der Waals surface area contributed by atoms with Gasteiger partial charge in [0, 0.05) is 11.8 Å². The number of aromatic nitrogens is 5. The van der Waals surface area contributed by atoms with Crippen LogP contribution in [0.25, 0.3) is 0 Å². The molecule has 8 nitrogen and oxygen atoms in total. The fourth-order valence-corrected chi connectivity index (χ4v) is 1.40. The average molecular weight is 240 g/mol. The third-order valence-electron chi connectivity index (χ3n) is 1.94. The molecule has 0 aromatic carbocycles. The van der Waals surface area contributed by atoms with Gasteiger partial charge < -0.3 is 10.8 Å². The van der Waals surface area contributed by atoms with Crippen molar-refractivity contribution in [3.8, 4) is 0 Å². The average Bonchev–Trinajstić information content (AvgIpc) is 2.48. The number of nitrogens with one attached hydrogen (secondary N) is 3. The van der Waals surface area contributed by atoms with Crippen molar-refractivity contribution in [2.24, 2.45) is 0 Å². The lowest BCUT2D eigenvalue weighted by Gasteiger charge is -1.99. The highest BCUT2D eigenvalue weighted by Crippen LogP contribution is 1.99. The van der Waals surface area contributed by atoms with Crippen molar-refractivity contribution in [2.45, 2.75) is 6.42 Å². The third-order valence-corrected chi connectivity index (χ3v) is 2.23. The van der Waals surface area contributed by atoms with E-state index in [1.54, 1.807) is 0 Å². The summed E-state index contributed by atoms with van der Waals surface area (Å²) in [6, 6.07) is 1.26. The molecule has 84 valence electrons. The molecular weight excluding hydrogens is 232 g/mol. The third kappa shape index (κ3) is 1.93. The smallest absolute Gasteiger partial charge is 0.325 e. The Bertz CT molecular complexity index is 649. The van der Waals surface area contributed by atoms with Crippen LogP contribution in [0.3, 0.4) is 0 Å². The molecule has 2 rings (SSSR count). The van der Waals surface area contributed by atoms with Crippen LogP contribution in [-0.4, -0.2) is 24.8 Å². The predicted molar refractivity (Wildman–Crippen MR) is 58.1 cm³/mol. The Morgan fingerprint density at radius 1 is 1.44 bits per heavy atom. The largest absolute Gasteiger partial charge is 0.335 e. The zero-order valence-electron chi connectivity index (χ0n) is 7.98. The van der Waals surface area contributed by atoms with Gasteiger partial charge in [0.1, 0.15) is 0 Å². The van der Waals surface area contributed by atoms with E-state index in [-0.39, 0.29) is 11.2 Å². The quantitative estimate of drug-likeness (QED) is 0.380. The summed E-state index contributed by atoms with van der Waals surface area (Å²) >= 11 is 4.82. The fourth-order valence-electron chi connectivity index (χ4n) is 1.25. The van der Waals surface area contributed by atoms with E-state index in [1.165, 1.54) is 10.7 Å². The standard InChI is InChI=1S/C7H8N6O2S/c8-13-4(11-12-7(13)16)1-3-2-5(14)10-6(15)9-3/h2H,1,8H2,(H,12,16)(H2,9,10,14,15). The molecule has 0 unspecified atom stereocenters. The van der Waals surface area contributed by atoms with Gasteiger partial charge >= 0.3 is 5.69 Å². The monoisotopic (exact) mass is 240 g/mol. The topological polar surface area (TPSA) is 125 Å². The summed E-state index contributed by atoms with van der Waals surface area (Å²) in [7, 11) is 0. The lowest BCUT2D eigenvalue weighted by atomic mass is 10.3. The maximum Gasteiger partial charge on any atom is 0.325 e. The van der Waals surface area contributed by atoms with Gasteiger partial charge in [-0.15, -0.1) is 0 Å². The predicted octanol–water partition coefficient (Wildman–Crippen LogP) is -1.38. The van der Waals surface area contributed by atoms with Crippen molar-refractivity contribution in [3.63, 3.8) is 0 Å². The Labute approximate surface area is 93.1 Å². The van der Waals surface area contributed by atoms with E-state index in [9.17, 15) is 9.59 Å². The van der Waals surface area contributed by atoms with Crippen molar-refractivity contribution in [1.82, 2.24) is 24.8 Å². The van der Waals surface area contributed by atoms with E-state index in [4.69, 9.17) is 18.1 Å². The van der Waals surface area contributed by atoms with Crippen LogP contribution >= 0.6 is 12.2 Å². The van der Waals surface area contributed by atoms with Crippen LogP contribution in [0.5, 0.6) is 0 Å². The van der Waals surface area contributed by atoms with Gasteiger partial charge in [0.25, 0.3) is 5.56 Å². The molecule has 0 saturated heterocycles. The van der Waals surface area contributed by atoms with Crippen LogP contribution in [0.4, 0.5) is 0 Å². The molecule has 16 heavy (non-hydrogen) atoms. The van der Waals surface area contributed by atoms with Crippen molar-refractivity contribution in [3.05, 3.63) is 43.2 Å². The highest BCUT2D eigenvalue weighted by molar-refractivity contribution is 7.71. The molecule has 0 aliphatic carbocycles. The number of H-pyrrole nitrogens is 3. The van der Waals surface area contributed by atoms with Gasteiger partial charge in [0.05, 0.1) is 6.42 Å². The molecule has 0 fully saturated rings. The number of nitrogens with two attached hydrogens (primary N) is 1.